The monoisotopic (exact) mass is 149 g/mol. The molecule has 0 rings (SSSR count). The highest BCUT2D eigenvalue weighted by atomic mass is 14.2. The van der Waals surface area contributed by atoms with Crippen LogP contribution in [0.2, 0.25) is 0 Å². The highest BCUT2D eigenvalue weighted by molar-refractivity contribution is 5.39. The van der Waals surface area contributed by atoms with Gasteiger partial charge in [0.2, 0.25) is 0 Å². The van der Waals surface area contributed by atoms with E-state index in [0.717, 1.165) is 11.1 Å². The van der Waals surface area contributed by atoms with Gasteiger partial charge < -0.3 is 0 Å². The van der Waals surface area contributed by atoms with Gasteiger partial charge in [0.15, 0.2) is 0 Å². The molecule has 0 fully saturated rings. The van der Waals surface area contributed by atoms with E-state index in [9.17, 15) is 0 Å². The van der Waals surface area contributed by atoms with Crippen LogP contribution in [-0.2, 0) is 0 Å². The second kappa shape index (κ2) is 3.98. The van der Waals surface area contributed by atoms with Gasteiger partial charge in [-0.05, 0) is 45.8 Å². The number of nitriles is 1. The molecule has 0 radical (unpaired) electrons. The fourth-order valence-electron chi connectivity index (χ4n) is 0.740. The van der Waals surface area contributed by atoms with E-state index in [1.54, 1.807) is 0 Å². The van der Waals surface area contributed by atoms with Crippen molar-refractivity contribution in [2.24, 2.45) is 0 Å². The van der Waals surface area contributed by atoms with E-state index in [2.05, 4.69) is 19.9 Å². The van der Waals surface area contributed by atoms with Crippen molar-refractivity contribution in [2.45, 2.75) is 34.6 Å². The molecular weight excluding hydrogens is 134 g/mol. The highest BCUT2D eigenvalue weighted by Gasteiger charge is 1.98. The van der Waals surface area contributed by atoms with Crippen molar-refractivity contribution in [1.82, 2.24) is 0 Å². The summed E-state index contributed by atoms with van der Waals surface area (Å²) in [5.74, 6) is 0. The second-order valence-corrected chi connectivity index (χ2v) is 2.99. The number of allylic oxidation sites excluding steroid dienone is 4. The van der Waals surface area contributed by atoms with Crippen LogP contribution in [0.4, 0.5) is 0 Å². The Kier molecular flexibility index (Phi) is 3.60. The standard InChI is InChI=1S/C10H15N/c1-7(2)9(4)10(5)8(3)6-11/h1-5H3/b10-8-. The molecule has 1 heteroatoms. The van der Waals surface area contributed by atoms with Crippen LogP contribution < -0.4 is 0 Å². The molecule has 0 aliphatic heterocycles. The summed E-state index contributed by atoms with van der Waals surface area (Å²) < 4.78 is 0. The van der Waals surface area contributed by atoms with Crippen molar-refractivity contribution < 1.29 is 0 Å². The molecule has 0 unspecified atom stereocenters. The summed E-state index contributed by atoms with van der Waals surface area (Å²) in [7, 11) is 0. The molecule has 0 bridgehead atoms. The van der Waals surface area contributed by atoms with Crippen molar-refractivity contribution in [2.75, 3.05) is 0 Å². The molecule has 0 spiro atoms. The fourth-order valence-corrected chi connectivity index (χ4v) is 0.740. The van der Waals surface area contributed by atoms with Gasteiger partial charge in [-0.15, -0.1) is 0 Å². The molecule has 0 saturated carbocycles. The molecule has 0 aromatic heterocycles. The molecule has 0 amide bonds. The normalized spacial score (nSPS) is 11.6. The predicted molar refractivity (Wildman–Crippen MR) is 48.0 cm³/mol. The lowest BCUT2D eigenvalue weighted by atomic mass is 10.0. The van der Waals surface area contributed by atoms with Gasteiger partial charge in [0, 0.05) is 5.57 Å². The van der Waals surface area contributed by atoms with Gasteiger partial charge >= 0.3 is 0 Å². The summed E-state index contributed by atoms with van der Waals surface area (Å²) in [5.41, 5.74) is 4.41. The molecule has 0 aliphatic carbocycles. The average Bonchev–Trinajstić information content (AvgIpc) is 2.00. The van der Waals surface area contributed by atoms with Crippen LogP contribution in [0.5, 0.6) is 0 Å². The summed E-state index contributed by atoms with van der Waals surface area (Å²) in [6.07, 6.45) is 0. The van der Waals surface area contributed by atoms with E-state index in [4.69, 9.17) is 5.26 Å². The summed E-state index contributed by atoms with van der Waals surface area (Å²) in [6, 6.07) is 2.15. The Morgan fingerprint density at radius 1 is 0.909 bits per heavy atom. The van der Waals surface area contributed by atoms with E-state index in [1.807, 2.05) is 20.8 Å². The first-order valence-corrected chi connectivity index (χ1v) is 3.72. The number of hydrogen-bond donors (Lipinski definition) is 0. The van der Waals surface area contributed by atoms with Crippen molar-refractivity contribution in [1.29, 1.82) is 5.26 Å². The SMILES string of the molecule is CC(C)=C(C)/C(C)=C(/C)C#N. The smallest absolute Gasteiger partial charge is 0.0946 e. The Morgan fingerprint density at radius 2 is 1.36 bits per heavy atom. The van der Waals surface area contributed by atoms with Crippen LogP contribution in [0.15, 0.2) is 22.3 Å². The van der Waals surface area contributed by atoms with Gasteiger partial charge in [0.1, 0.15) is 0 Å². The fraction of sp³-hybridized carbons (Fsp3) is 0.500. The van der Waals surface area contributed by atoms with Crippen LogP contribution in [0.3, 0.4) is 0 Å². The minimum atomic E-state index is 0.809. The molecular formula is C10H15N. The van der Waals surface area contributed by atoms with E-state index in [0.29, 0.717) is 0 Å². The maximum atomic E-state index is 8.61. The van der Waals surface area contributed by atoms with Gasteiger partial charge in [-0.1, -0.05) is 5.57 Å². The van der Waals surface area contributed by atoms with Crippen molar-refractivity contribution in [3.05, 3.63) is 22.3 Å². The topological polar surface area (TPSA) is 23.8 Å². The third-order valence-electron chi connectivity index (χ3n) is 2.04. The Morgan fingerprint density at radius 3 is 1.64 bits per heavy atom. The van der Waals surface area contributed by atoms with Gasteiger partial charge in [0.05, 0.1) is 6.07 Å². The molecule has 0 atom stereocenters. The quantitative estimate of drug-likeness (QED) is 0.415. The zero-order valence-corrected chi connectivity index (χ0v) is 7.95. The first kappa shape index (κ1) is 9.97. The third-order valence-corrected chi connectivity index (χ3v) is 2.04. The lowest BCUT2D eigenvalue weighted by Crippen LogP contribution is -1.86. The largest absolute Gasteiger partial charge is 0.193 e. The van der Waals surface area contributed by atoms with Crippen LogP contribution in [-0.4, -0.2) is 0 Å². The van der Waals surface area contributed by atoms with Crippen LogP contribution in [0, 0.1) is 11.3 Å². The lowest BCUT2D eigenvalue weighted by molar-refractivity contribution is 1.20. The van der Waals surface area contributed by atoms with Crippen molar-refractivity contribution in [3.8, 4) is 6.07 Å². The second-order valence-electron chi connectivity index (χ2n) is 2.99. The van der Waals surface area contributed by atoms with Crippen LogP contribution in [0.25, 0.3) is 0 Å². The van der Waals surface area contributed by atoms with Gasteiger partial charge in [-0.2, -0.15) is 5.26 Å². The van der Waals surface area contributed by atoms with Crippen LogP contribution >= 0.6 is 0 Å². The van der Waals surface area contributed by atoms with E-state index in [-0.39, 0.29) is 0 Å². The van der Waals surface area contributed by atoms with Crippen molar-refractivity contribution in [3.63, 3.8) is 0 Å². The average molecular weight is 149 g/mol. The Balaban J connectivity index is 4.95. The maximum Gasteiger partial charge on any atom is 0.0946 e. The highest BCUT2D eigenvalue weighted by Crippen LogP contribution is 2.16. The predicted octanol–water partition coefficient (Wildman–Crippen LogP) is 3.20. The molecule has 0 aromatic rings. The summed E-state index contributed by atoms with van der Waals surface area (Å²) in [4.78, 5) is 0. The van der Waals surface area contributed by atoms with Crippen LogP contribution in [0.1, 0.15) is 34.6 Å². The van der Waals surface area contributed by atoms with E-state index < -0.39 is 0 Å². The van der Waals surface area contributed by atoms with Crippen molar-refractivity contribution >= 4 is 0 Å². The third kappa shape index (κ3) is 2.59. The summed E-state index contributed by atoms with van der Waals surface area (Å²) in [6.45, 7) is 10.0. The zero-order valence-electron chi connectivity index (χ0n) is 7.95. The molecule has 0 aromatic carbocycles. The number of hydrogen-bond acceptors (Lipinski definition) is 1. The van der Waals surface area contributed by atoms with E-state index in [1.165, 1.54) is 11.1 Å². The Labute approximate surface area is 69.0 Å². The number of rotatable bonds is 1. The Bertz CT molecular complexity index is 245. The lowest BCUT2D eigenvalue weighted by Gasteiger charge is -2.04. The minimum Gasteiger partial charge on any atom is -0.193 e. The van der Waals surface area contributed by atoms with Gasteiger partial charge in [-0.25, -0.2) is 0 Å². The maximum absolute atomic E-state index is 8.61. The molecule has 0 N–H and O–H groups in total. The zero-order chi connectivity index (χ0) is 9.02. The molecule has 1 nitrogen and oxygen atoms in total. The van der Waals surface area contributed by atoms with E-state index >= 15 is 0 Å². The first-order valence-electron chi connectivity index (χ1n) is 3.72. The van der Waals surface area contributed by atoms with Gasteiger partial charge in [-0.3, -0.25) is 0 Å². The molecule has 60 valence electrons. The molecule has 0 saturated heterocycles. The summed E-state index contributed by atoms with van der Waals surface area (Å²) in [5, 5.41) is 8.61. The first-order chi connectivity index (χ1) is 5.00. The molecule has 0 heterocycles. The minimum absolute atomic E-state index is 0.809. The number of nitrogens with zero attached hydrogens (tertiary/aromatic N) is 1. The summed E-state index contributed by atoms with van der Waals surface area (Å²) >= 11 is 0. The Hall–Kier alpha value is -1.03. The molecule has 11 heavy (non-hydrogen) atoms. The molecule has 0 aliphatic rings. The van der Waals surface area contributed by atoms with Gasteiger partial charge in [0.25, 0.3) is 0 Å².